The fraction of sp³-hybridized carbons (Fsp3) is 0.250. The first kappa shape index (κ1) is 21.6. The van der Waals surface area contributed by atoms with E-state index >= 15 is 0 Å². The van der Waals surface area contributed by atoms with Crippen molar-refractivity contribution >= 4 is 11.7 Å². The number of pyridine rings is 1. The van der Waals surface area contributed by atoms with Gasteiger partial charge in [0.05, 0.1) is 5.56 Å². The first-order chi connectivity index (χ1) is 16.5. The largest absolute Gasteiger partial charge is 0.439 e. The lowest BCUT2D eigenvalue weighted by atomic mass is 10.2. The van der Waals surface area contributed by atoms with Gasteiger partial charge < -0.3 is 14.6 Å². The Morgan fingerprint density at radius 2 is 2.03 bits per heavy atom. The number of aromatic nitrogens is 6. The second kappa shape index (κ2) is 8.97. The zero-order valence-corrected chi connectivity index (χ0v) is 18.6. The van der Waals surface area contributed by atoms with Crippen molar-refractivity contribution in [3.05, 3.63) is 72.2 Å². The summed E-state index contributed by atoms with van der Waals surface area (Å²) in [5.41, 5.74) is 0.364. The van der Waals surface area contributed by atoms with Crippen LogP contribution >= 0.6 is 0 Å². The third-order valence-electron chi connectivity index (χ3n) is 5.35. The van der Waals surface area contributed by atoms with Gasteiger partial charge in [-0.05, 0) is 57.0 Å². The second-order valence-electron chi connectivity index (χ2n) is 8.29. The molecule has 5 rings (SSSR count). The molecule has 1 fully saturated rings. The van der Waals surface area contributed by atoms with E-state index in [2.05, 4.69) is 30.5 Å². The Balaban J connectivity index is 1.35. The highest BCUT2D eigenvalue weighted by Gasteiger charge is 2.26. The molecule has 0 atom stereocenters. The van der Waals surface area contributed by atoms with Crippen molar-refractivity contribution in [3.63, 3.8) is 0 Å². The van der Waals surface area contributed by atoms with Crippen molar-refractivity contribution in [1.82, 2.24) is 29.7 Å². The molecule has 4 aromatic rings. The molecule has 0 aliphatic heterocycles. The van der Waals surface area contributed by atoms with Crippen LogP contribution < -0.4 is 10.1 Å². The summed E-state index contributed by atoms with van der Waals surface area (Å²) >= 11 is 0. The molecule has 34 heavy (non-hydrogen) atoms. The number of amides is 1. The molecule has 1 aliphatic carbocycles. The molecule has 172 valence electrons. The minimum atomic E-state index is -0.679. The molecule has 0 spiro atoms. The summed E-state index contributed by atoms with van der Waals surface area (Å²) in [5.74, 6) is 1.24. The normalized spacial score (nSPS) is 13.2. The smallest absolute Gasteiger partial charge is 0.259 e. The minimum absolute atomic E-state index is 0.136. The van der Waals surface area contributed by atoms with Crippen molar-refractivity contribution in [3.8, 4) is 23.1 Å². The van der Waals surface area contributed by atoms with Crippen LogP contribution in [-0.2, 0) is 0 Å². The standard InChI is InChI=1S/C24H22FN7O2/c1-14(2)32-13-27-31-23(32)19-4-3-5-20(28-19)29-24(33)17-12-16(8-9-18(17)25)34-21-10-11-26-22(30-21)15-6-7-15/h3-5,8-15H,6-7H2,1-2H3,(H,28,29,33). The van der Waals surface area contributed by atoms with Crippen molar-refractivity contribution in [1.29, 1.82) is 0 Å². The van der Waals surface area contributed by atoms with E-state index in [1.165, 1.54) is 18.2 Å². The number of rotatable bonds is 7. The third-order valence-corrected chi connectivity index (χ3v) is 5.35. The topological polar surface area (TPSA) is 108 Å². The van der Waals surface area contributed by atoms with Crippen LogP contribution in [0.25, 0.3) is 11.5 Å². The van der Waals surface area contributed by atoms with E-state index in [0.29, 0.717) is 29.1 Å². The van der Waals surface area contributed by atoms with Gasteiger partial charge in [-0.15, -0.1) is 10.2 Å². The summed E-state index contributed by atoms with van der Waals surface area (Å²) in [6.45, 7) is 4.01. The van der Waals surface area contributed by atoms with E-state index < -0.39 is 11.7 Å². The summed E-state index contributed by atoms with van der Waals surface area (Å²) in [7, 11) is 0. The number of carbonyl (C=O) groups excluding carboxylic acids is 1. The molecule has 0 saturated heterocycles. The van der Waals surface area contributed by atoms with E-state index in [1.807, 2.05) is 18.4 Å². The van der Waals surface area contributed by atoms with Crippen LogP contribution in [0.5, 0.6) is 11.6 Å². The van der Waals surface area contributed by atoms with E-state index in [-0.39, 0.29) is 17.4 Å². The number of hydrogen-bond acceptors (Lipinski definition) is 7. The van der Waals surface area contributed by atoms with Gasteiger partial charge in [-0.3, -0.25) is 4.79 Å². The zero-order chi connectivity index (χ0) is 23.7. The summed E-state index contributed by atoms with van der Waals surface area (Å²) < 4.78 is 22.1. The highest BCUT2D eigenvalue weighted by atomic mass is 19.1. The predicted octanol–water partition coefficient (Wildman–Crippen LogP) is 4.77. The van der Waals surface area contributed by atoms with E-state index in [9.17, 15) is 9.18 Å². The van der Waals surface area contributed by atoms with Crippen molar-refractivity contribution in [2.24, 2.45) is 0 Å². The van der Waals surface area contributed by atoms with E-state index in [1.54, 1.807) is 36.8 Å². The van der Waals surface area contributed by atoms with Crippen LogP contribution in [0.3, 0.4) is 0 Å². The van der Waals surface area contributed by atoms with Gasteiger partial charge in [0, 0.05) is 24.2 Å². The van der Waals surface area contributed by atoms with Gasteiger partial charge in [-0.1, -0.05) is 6.07 Å². The summed E-state index contributed by atoms with van der Waals surface area (Å²) in [5, 5.41) is 10.7. The average Bonchev–Trinajstić information content (AvgIpc) is 3.56. The fourth-order valence-corrected chi connectivity index (χ4v) is 3.43. The van der Waals surface area contributed by atoms with Crippen molar-refractivity contribution in [2.75, 3.05) is 5.32 Å². The number of halogens is 1. The number of nitrogens with one attached hydrogen (secondary N) is 1. The molecule has 3 aromatic heterocycles. The van der Waals surface area contributed by atoms with Crippen LogP contribution in [0, 0.1) is 5.82 Å². The number of carbonyl (C=O) groups is 1. The SMILES string of the molecule is CC(C)n1cnnc1-c1cccc(NC(=O)c2cc(Oc3ccnc(C4CC4)n3)ccc2F)n1. The molecule has 1 aromatic carbocycles. The van der Waals surface area contributed by atoms with Crippen LogP contribution in [-0.4, -0.2) is 35.6 Å². The van der Waals surface area contributed by atoms with Crippen LogP contribution in [0.4, 0.5) is 10.2 Å². The number of benzene rings is 1. The van der Waals surface area contributed by atoms with Gasteiger partial charge in [0.25, 0.3) is 5.91 Å². The Hall–Kier alpha value is -4.21. The zero-order valence-electron chi connectivity index (χ0n) is 18.6. The molecule has 1 amide bonds. The summed E-state index contributed by atoms with van der Waals surface area (Å²) in [6.07, 6.45) is 5.38. The molecule has 3 heterocycles. The lowest BCUT2D eigenvalue weighted by molar-refractivity contribution is 0.102. The van der Waals surface area contributed by atoms with Gasteiger partial charge in [-0.25, -0.2) is 14.4 Å². The Kier molecular flexibility index (Phi) is 5.70. The Morgan fingerprint density at radius 3 is 2.82 bits per heavy atom. The molecule has 1 N–H and O–H groups in total. The number of nitrogens with zero attached hydrogens (tertiary/aromatic N) is 6. The Morgan fingerprint density at radius 1 is 1.18 bits per heavy atom. The quantitative estimate of drug-likeness (QED) is 0.424. The number of ether oxygens (including phenoxy) is 1. The number of anilines is 1. The lowest BCUT2D eigenvalue weighted by Gasteiger charge is -2.11. The van der Waals surface area contributed by atoms with Gasteiger partial charge in [-0.2, -0.15) is 4.98 Å². The van der Waals surface area contributed by atoms with Gasteiger partial charge in [0.1, 0.15) is 35.2 Å². The maximum atomic E-state index is 14.5. The molecule has 1 aliphatic rings. The Labute approximate surface area is 195 Å². The highest BCUT2D eigenvalue weighted by molar-refractivity contribution is 6.04. The lowest BCUT2D eigenvalue weighted by Crippen LogP contribution is -2.15. The number of hydrogen-bond donors (Lipinski definition) is 1. The van der Waals surface area contributed by atoms with E-state index in [4.69, 9.17) is 4.74 Å². The third kappa shape index (κ3) is 4.61. The first-order valence-electron chi connectivity index (χ1n) is 11.0. The minimum Gasteiger partial charge on any atom is -0.439 e. The van der Waals surface area contributed by atoms with Gasteiger partial charge >= 0.3 is 0 Å². The molecular weight excluding hydrogens is 437 g/mol. The highest BCUT2D eigenvalue weighted by Crippen LogP contribution is 2.38. The van der Waals surface area contributed by atoms with Gasteiger partial charge in [0.2, 0.25) is 5.88 Å². The molecule has 9 nitrogen and oxygen atoms in total. The van der Waals surface area contributed by atoms with Gasteiger partial charge in [0.15, 0.2) is 5.82 Å². The summed E-state index contributed by atoms with van der Waals surface area (Å²) in [6, 6.07) is 10.9. The fourth-order valence-electron chi connectivity index (χ4n) is 3.43. The molecule has 0 unspecified atom stereocenters. The van der Waals surface area contributed by atoms with Crippen molar-refractivity contribution < 1.29 is 13.9 Å². The van der Waals surface area contributed by atoms with E-state index in [0.717, 1.165) is 18.7 Å². The summed E-state index contributed by atoms with van der Waals surface area (Å²) in [4.78, 5) is 26.0. The average molecular weight is 459 g/mol. The molecule has 0 bridgehead atoms. The maximum absolute atomic E-state index is 14.5. The molecule has 0 radical (unpaired) electrons. The molecule has 1 saturated carbocycles. The Bertz CT molecular complexity index is 1350. The van der Waals surface area contributed by atoms with Crippen LogP contribution in [0.1, 0.15) is 54.8 Å². The predicted molar refractivity (Wildman–Crippen MR) is 122 cm³/mol. The molecule has 10 heteroatoms. The second-order valence-corrected chi connectivity index (χ2v) is 8.29. The van der Waals surface area contributed by atoms with Crippen LogP contribution in [0.2, 0.25) is 0 Å². The monoisotopic (exact) mass is 459 g/mol. The first-order valence-corrected chi connectivity index (χ1v) is 11.0. The van der Waals surface area contributed by atoms with Crippen molar-refractivity contribution in [2.45, 2.75) is 38.6 Å². The maximum Gasteiger partial charge on any atom is 0.259 e. The molecular formula is C24H22FN7O2. The van der Waals surface area contributed by atoms with Crippen LogP contribution in [0.15, 0.2) is 55.0 Å².